The number of nitrogens with zero attached hydrogens (tertiary/aromatic N) is 1. The number of hydrogen-bond acceptors (Lipinski definition) is 4. The third kappa shape index (κ3) is 5.61. The molecule has 31 heavy (non-hydrogen) atoms. The average Bonchev–Trinajstić information content (AvgIpc) is 2.77. The second-order valence-corrected chi connectivity index (χ2v) is 8.79. The summed E-state index contributed by atoms with van der Waals surface area (Å²) in [5.74, 6) is -0.294. The van der Waals surface area contributed by atoms with Crippen LogP contribution in [-0.2, 0) is 21.4 Å². The molecule has 3 aromatic rings. The van der Waals surface area contributed by atoms with Crippen LogP contribution in [-0.4, -0.2) is 28.0 Å². The number of amides is 1. The van der Waals surface area contributed by atoms with Crippen LogP contribution in [0.3, 0.4) is 0 Å². The van der Waals surface area contributed by atoms with Crippen molar-refractivity contribution in [2.75, 3.05) is 18.0 Å². The van der Waals surface area contributed by atoms with Crippen molar-refractivity contribution >= 4 is 21.6 Å². The predicted octanol–water partition coefficient (Wildman–Crippen LogP) is 3.65. The molecule has 0 atom stereocenters. The lowest BCUT2D eigenvalue weighted by atomic mass is 10.2. The van der Waals surface area contributed by atoms with E-state index in [1.54, 1.807) is 48.5 Å². The summed E-state index contributed by atoms with van der Waals surface area (Å²) in [5.41, 5.74) is 1.96. The summed E-state index contributed by atoms with van der Waals surface area (Å²) in [5, 5.41) is 2.68. The van der Waals surface area contributed by atoms with Crippen molar-refractivity contribution in [3.8, 4) is 5.75 Å². The topological polar surface area (TPSA) is 75.7 Å². The number of hydrogen-bond donors (Lipinski definition) is 1. The SMILES string of the molecule is COc1ccc(N(CC(=O)NCc2ccc(F)cc2)S(=O)(=O)c2ccc(C)cc2)cc1. The largest absolute Gasteiger partial charge is 0.497 e. The van der Waals surface area contributed by atoms with Crippen molar-refractivity contribution in [3.63, 3.8) is 0 Å². The van der Waals surface area contributed by atoms with Gasteiger partial charge in [0, 0.05) is 6.54 Å². The lowest BCUT2D eigenvalue weighted by Gasteiger charge is -2.24. The Balaban J connectivity index is 1.85. The number of anilines is 1. The fourth-order valence-corrected chi connectivity index (χ4v) is 4.31. The molecule has 0 unspecified atom stereocenters. The summed E-state index contributed by atoms with van der Waals surface area (Å²) in [6.45, 7) is 1.60. The third-order valence-electron chi connectivity index (χ3n) is 4.66. The van der Waals surface area contributed by atoms with E-state index in [9.17, 15) is 17.6 Å². The summed E-state index contributed by atoms with van der Waals surface area (Å²) >= 11 is 0. The van der Waals surface area contributed by atoms with Crippen LogP contribution in [0.2, 0.25) is 0 Å². The lowest BCUT2D eigenvalue weighted by molar-refractivity contribution is -0.119. The molecule has 0 heterocycles. The number of carbonyl (C=O) groups is 1. The highest BCUT2D eigenvalue weighted by Gasteiger charge is 2.27. The molecule has 1 N–H and O–H groups in total. The smallest absolute Gasteiger partial charge is 0.264 e. The maximum absolute atomic E-state index is 13.3. The molecule has 0 bridgehead atoms. The number of benzene rings is 3. The van der Waals surface area contributed by atoms with E-state index < -0.39 is 22.5 Å². The molecule has 3 rings (SSSR count). The number of rotatable bonds is 8. The molecule has 0 fully saturated rings. The van der Waals surface area contributed by atoms with Crippen LogP contribution in [0, 0.1) is 12.7 Å². The van der Waals surface area contributed by atoms with Gasteiger partial charge in [0.25, 0.3) is 10.0 Å². The van der Waals surface area contributed by atoms with Crippen molar-refractivity contribution in [1.29, 1.82) is 0 Å². The number of aryl methyl sites for hydroxylation is 1. The number of carbonyl (C=O) groups excluding carboxylic acids is 1. The lowest BCUT2D eigenvalue weighted by Crippen LogP contribution is -2.40. The van der Waals surface area contributed by atoms with E-state index in [1.807, 2.05) is 6.92 Å². The molecule has 6 nitrogen and oxygen atoms in total. The van der Waals surface area contributed by atoms with E-state index in [-0.39, 0.29) is 17.3 Å². The fourth-order valence-electron chi connectivity index (χ4n) is 2.89. The Bertz CT molecular complexity index is 1130. The minimum atomic E-state index is -3.99. The van der Waals surface area contributed by atoms with Gasteiger partial charge in [0.1, 0.15) is 18.1 Å². The van der Waals surface area contributed by atoms with Gasteiger partial charge in [-0.25, -0.2) is 12.8 Å². The molecular weight excluding hydrogens is 419 g/mol. The quantitative estimate of drug-likeness (QED) is 0.578. The monoisotopic (exact) mass is 442 g/mol. The minimum Gasteiger partial charge on any atom is -0.497 e. The Hall–Kier alpha value is -3.39. The minimum absolute atomic E-state index is 0.0836. The second kappa shape index (κ2) is 9.61. The van der Waals surface area contributed by atoms with Crippen LogP contribution in [0.4, 0.5) is 10.1 Å². The van der Waals surface area contributed by atoms with E-state index in [4.69, 9.17) is 4.74 Å². The number of ether oxygens (including phenoxy) is 1. The summed E-state index contributed by atoms with van der Waals surface area (Å²) in [6, 6.07) is 18.6. The van der Waals surface area contributed by atoms with Gasteiger partial charge >= 0.3 is 0 Å². The first-order valence-electron chi connectivity index (χ1n) is 9.54. The van der Waals surface area contributed by atoms with Gasteiger partial charge in [-0.2, -0.15) is 0 Å². The first kappa shape index (κ1) is 22.3. The molecule has 0 aromatic heterocycles. The normalized spacial score (nSPS) is 11.1. The number of halogens is 1. The van der Waals surface area contributed by atoms with Crippen LogP contribution >= 0.6 is 0 Å². The van der Waals surface area contributed by atoms with Gasteiger partial charge in [-0.15, -0.1) is 0 Å². The molecular formula is C23H23FN2O4S. The van der Waals surface area contributed by atoms with Crippen LogP contribution in [0.1, 0.15) is 11.1 Å². The summed E-state index contributed by atoms with van der Waals surface area (Å²) in [4.78, 5) is 12.7. The summed E-state index contributed by atoms with van der Waals surface area (Å²) < 4.78 is 45.9. The zero-order valence-electron chi connectivity index (χ0n) is 17.2. The number of sulfonamides is 1. The number of methoxy groups -OCH3 is 1. The summed E-state index contributed by atoms with van der Waals surface area (Å²) in [6.07, 6.45) is 0. The highest BCUT2D eigenvalue weighted by molar-refractivity contribution is 7.92. The Kier molecular flexibility index (Phi) is 6.91. The van der Waals surface area contributed by atoms with Gasteiger partial charge in [0.05, 0.1) is 17.7 Å². The zero-order valence-corrected chi connectivity index (χ0v) is 18.0. The molecule has 0 aliphatic carbocycles. The standard InChI is InChI=1S/C23H23FN2O4S/c1-17-3-13-22(14-4-17)31(28,29)26(20-9-11-21(30-2)12-10-20)16-23(27)25-15-18-5-7-19(24)8-6-18/h3-14H,15-16H2,1-2H3,(H,25,27). The van der Waals surface area contributed by atoms with Crippen molar-refractivity contribution in [3.05, 3.63) is 89.7 Å². The Morgan fingerprint density at radius 1 is 0.968 bits per heavy atom. The van der Waals surface area contributed by atoms with Crippen molar-refractivity contribution < 1.29 is 22.3 Å². The van der Waals surface area contributed by atoms with Crippen molar-refractivity contribution in [2.45, 2.75) is 18.4 Å². The van der Waals surface area contributed by atoms with Gasteiger partial charge < -0.3 is 10.1 Å². The first-order valence-corrected chi connectivity index (χ1v) is 11.0. The van der Waals surface area contributed by atoms with Crippen LogP contribution in [0.5, 0.6) is 5.75 Å². The zero-order chi connectivity index (χ0) is 22.4. The van der Waals surface area contributed by atoms with Gasteiger partial charge in [0.15, 0.2) is 0 Å². The van der Waals surface area contributed by atoms with Gasteiger partial charge in [0.2, 0.25) is 5.91 Å². The molecule has 162 valence electrons. The molecule has 3 aromatic carbocycles. The molecule has 0 radical (unpaired) electrons. The van der Waals surface area contributed by atoms with Gasteiger partial charge in [-0.05, 0) is 61.0 Å². The number of nitrogens with one attached hydrogen (secondary N) is 1. The molecule has 8 heteroatoms. The Morgan fingerprint density at radius 2 is 1.58 bits per heavy atom. The second-order valence-electron chi connectivity index (χ2n) is 6.93. The maximum atomic E-state index is 13.3. The summed E-state index contributed by atoms with van der Waals surface area (Å²) in [7, 11) is -2.48. The molecule has 0 aliphatic rings. The van der Waals surface area contributed by atoms with E-state index in [1.165, 1.54) is 31.4 Å². The predicted molar refractivity (Wildman–Crippen MR) is 117 cm³/mol. The average molecular weight is 443 g/mol. The molecule has 0 saturated carbocycles. The van der Waals surface area contributed by atoms with Crippen LogP contribution in [0.15, 0.2) is 77.7 Å². The van der Waals surface area contributed by atoms with E-state index in [0.29, 0.717) is 17.0 Å². The van der Waals surface area contributed by atoms with Crippen molar-refractivity contribution in [1.82, 2.24) is 5.32 Å². The van der Waals surface area contributed by atoms with Gasteiger partial charge in [-0.3, -0.25) is 9.10 Å². The van der Waals surface area contributed by atoms with E-state index in [0.717, 1.165) is 9.87 Å². The molecule has 0 spiro atoms. The highest BCUT2D eigenvalue weighted by atomic mass is 32.2. The first-order chi connectivity index (χ1) is 14.8. The third-order valence-corrected chi connectivity index (χ3v) is 6.45. The van der Waals surface area contributed by atoms with Crippen LogP contribution in [0.25, 0.3) is 0 Å². The van der Waals surface area contributed by atoms with Crippen molar-refractivity contribution in [2.24, 2.45) is 0 Å². The van der Waals surface area contributed by atoms with E-state index in [2.05, 4.69) is 5.32 Å². The van der Waals surface area contributed by atoms with Gasteiger partial charge in [-0.1, -0.05) is 29.8 Å². The molecule has 0 saturated heterocycles. The Labute approximate surface area is 181 Å². The maximum Gasteiger partial charge on any atom is 0.264 e. The highest BCUT2D eigenvalue weighted by Crippen LogP contribution is 2.26. The van der Waals surface area contributed by atoms with E-state index >= 15 is 0 Å². The van der Waals surface area contributed by atoms with Crippen LogP contribution < -0.4 is 14.4 Å². The molecule has 1 amide bonds. The fraction of sp³-hybridized carbons (Fsp3) is 0.174. The molecule has 0 aliphatic heterocycles. The Morgan fingerprint density at radius 3 is 2.16 bits per heavy atom.